The van der Waals surface area contributed by atoms with Crippen LogP contribution < -0.4 is 20.7 Å². The highest BCUT2D eigenvalue weighted by Gasteiger charge is 2.20. The van der Waals surface area contributed by atoms with Crippen LogP contribution in [-0.2, 0) is 4.79 Å². The molecule has 1 aliphatic rings. The van der Waals surface area contributed by atoms with Crippen molar-refractivity contribution in [1.29, 1.82) is 0 Å². The summed E-state index contributed by atoms with van der Waals surface area (Å²) in [7, 11) is 0. The first-order valence-electron chi connectivity index (χ1n) is 6.38. The van der Waals surface area contributed by atoms with E-state index in [1.807, 2.05) is 0 Å². The van der Waals surface area contributed by atoms with Gasteiger partial charge in [0.25, 0.3) is 0 Å². The number of ether oxygens (including phenoxy) is 1. The molecule has 3 N–H and O–H groups in total. The van der Waals surface area contributed by atoms with Crippen molar-refractivity contribution in [2.24, 2.45) is 0 Å². The monoisotopic (exact) mass is 267 g/mol. The number of hydrogen-bond donors (Lipinski definition) is 3. The van der Waals surface area contributed by atoms with Crippen LogP contribution in [0.1, 0.15) is 6.92 Å². The molecule has 2 rings (SSSR count). The predicted molar refractivity (Wildman–Crippen MR) is 70.9 cm³/mol. The Hall–Kier alpha value is -1.66. The van der Waals surface area contributed by atoms with Gasteiger partial charge in [0.2, 0.25) is 5.91 Å². The Bertz CT molecular complexity index is 448. The van der Waals surface area contributed by atoms with Gasteiger partial charge in [-0.05, 0) is 19.1 Å². The zero-order valence-electron chi connectivity index (χ0n) is 10.8. The van der Waals surface area contributed by atoms with Gasteiger partial charge in [-0.3, -0.25) is 4.79 Å². The van der Waals surface area contributed by atoms with E-state index in [4.69, 9.17) is 4.74 Å². The molecule has 19 heavy (non-hydrogen) atoms. The molecule has 1 saturated heterocycles. The summed E-state index contributed by atoms with van der Waals surface area (Å²) >= 11 is 0. The van der Waals surface area contributed by atoms with E-state index in [1.54, 1.807) is 13.0 Å². The van der Waals surface area contributed by atoms with Crippen LogP contribution in [0.15, 0.2) is 18.2 Å². The molecule has 0 radical (unpaired) electrons. The summed E-state index contributed by atoms with van der Waals surface area (Å²) in [5.74, 6) is -0.455. The second-order valence-electron chi connectivity index (χ2n) is 4.28. The zero-order chi connectivity index (χ0) is 13.7. The first-order valence-corrected chi connectivity index (χ1v) is 6.38. The molecule has 0 aromatic heterocycles. The molecule has 1 heterocycles. The van der Waals surface area contributed by atoms with Crippen molar-refractivity contribution < 1.29 is 13.9 Å². The normalized spacial score (nSPS) is 18.9. The second kappa shape index (κ2) is 6.49. The van der Waals surface area contributed by atoms with E-state index in [1.165, 1.54) is 12.1 Å². The quantitative estimate of drug-likeness (QED) is 0.752. The second-order valence-corrected chi connectivity index (χ2v) is 4.28. The average molecular weight is 267 g/mol. The molecule has 0 saturated carbocycles. The molecule has 1 aliphatic heterocycles. The van der Waals surface area contributed by atoms with E-state index in [0.29, 0.717) is 18.8 Å². The smallest absolute Gasteiger partial charge is 0.242 e. The van der Waals surface area contributed by atoms with Gasteiger partial charge in [-0.2, -0.15) is 0 Å². The lowest BCUT2D eigenvalue weighted by Crippen LogP contribution is -2.54. The molecule has 0 bridgehead atoms. The largest absolute Gasteiger partial charge is 0.491 e. The minimum absolute atomic E-state index is 0.171. The van der Waals surface area contributed by atoms with Crippen LogP contribution in [0, 0.1) is 5.82 Å². The number of benzene rings is 1. The molecule has 1 amide bonds. The van der Waals surface area contributed by atoms with Crippen molar-refractivity contribution in [2.75, 3.05) is 31.6 Å². The standard InChI is InChI=1S/C13H18FN3O2/c1-2-19-12-4-3-9(7-10(12)14)17-13(18)11-8-15-5-6-16-11/h3-4,7,11,15-16H,2,5-6,8H2,1H3,(H,17,18). The Kier molecular flexibility index (Phi) is 4.70. The summed E-state index contributed by atoms with van der Waals surface area (Å²) in [5, 5.41) is 8.90. The summed E-state index contributed by atoms with van der Waals surface area (Å²) in [6.07, 6.45) is 0. The third-order valence-corrected chi connectivity index (χ3v) is 2.86. The van der Waals surface area contributed by atoms with Crippen LogP contribution >= 0.6 is 0 Å². The highest BCUT2D eigenvalue weighted by atomic mass is 19.1. The fraction of sp³-hybridized carbons (Fsp3) is 0.462. The minimum Gasteiger partial charge on any atom is -0.491 e. The molecule has 1 atom stereocenters. The van der Waals surface area contributed by atoms with E-state index in [0.717, 1.165) is 13.1 Å². The van der Waals surface area contributed by atoms with Gasteiger partial charge in [-0.15, -0.1) is 0 Å². The van der Waals surface area contributed by atoms with E-state index in [2.05, 4.69) is 16.0 Å². The first-order chi connectivity index (χ1) is 9.20. The highest BCUT2D eigenvalue weighted by Crippen LogP contribution is 2.21. The number of carbonyl (C=O) groups is 1. The Labute approximate surface area is 111 Å². The third kappa shape index (κ3) is 3.65. The fourth-order valence-corrected chi connectivity index (χ4v) is 1.92. The third-order valence-electron chi connectivity index (χ3n) is 2.86. The molecule has 1 aromatic carbocycles. The summed E-state index contributed by atoms with van der Waals surface area (Å²) in [6.45, 7) is 4.36. The molecule has 104 valence electrons. The van der Waals surface area contributed by atoms with E-state index < -0.39 is 5.82 Å². The number of halogens is 1. The fourth-order valence-electron chi connectivity index (χ4n) is 1.92. The van der Waals surface area contributed by atoms with Crippen LogP contribution in [0.2, 0.25) is 0 Å². The van der Waals surface area contributed by atoms with Crippen LogP contribution in [0.25, 0.3) is 0 Å². The van der Waals surface area contributed by atoms with Crippen LogP contribution in [0.5, 0.6) is 5.75 Å². The van der Waals surface area contributed by atoms with E-state index in [-0.39, 0.29) is 17.7 Å². The molecule has 5 nitrogen and oxygen atoms in total. The predicted octanol–water partition coefficient (Wildman–Crippen LogP) is 0.724. The average Bonchev–Trinajstić information content (AvgIpc) is 2.43. The van der Waals surface area contributed by atoms with Crippen molar-refractivity contribution in [2.45, 2.75) is 13.0 Å². The van der Waals surface area contributed by atoms with Gasteiger partial charge < -0.3 is 20.7 Å². The maximum Gasteiger partial charge on any atom is 0.242 e. The van der Waals surface area contributed by atoms with Gasteiger partial charge in [0.15, 0.2) is 11.6 Å². The number of carbonyl (C=O) groups excluding carboxylic acids is 1. The van der Waals surface area contributed by atoms with Gasteiger partial charge in [-0.1, -0.05) is 0 Å². The lowest BCUT2D eigenvalue weighted by atomic mass is 10.2. The van der Waals surface area contributed by atoms with Crippen molar-refractivity contribution in [1.82, 2.24) is 10.6 Å². The summed E-state index contributed by atoms with van der Waals surface area (Å²) in [4.78, 5) is 11.9. The number of hydrogen-bond acceptors (Lipinski definition) is 4. The van der Waals surface area contributed by atoms with Crippen LogP contribution in [0.4, 0.5) is 10.1 Å². The molecule has 1 fully saturated rings. The van der Waals surface area contributed by atoms with Crippen molar-refractivity contribution in [3.05, 3.63) is 24.0 Å². The Morgan fingerprint density at radius 1 is 1.53 bits per heavy atom. The van der Waals surface area contributed by atoms with E-state index in [9.17, 15) is 9.18 Å². The lowest BCUT2D eigenvalue weighted by molar-refractivity contribution is -0.118. The molecule has 1 aromatic rings. The summed E-state index contributed by atoms with van der Waals surface area (Å²) < 4.78 is 18.7. The van der Waals surface area contributed by atoms with E-state index >= 15 is 0 Å². The van der Waals surface area contributed by atoms with Gasteiger partial charge in [0.05, 0.1) is 12.6 Å². The zero-order valence-corrected chi connectivity index (χ0v) is 10.8. The molecule has 0 spiro atoms. The summed E-state index contributed by atoms with van der Waals surface area (Å²) in [5.41, 5.74) is 0.429. The van der Waals surface area contributed by atoms with Crippen molar-refractivity contribution in [3.63, 3.8) is 0 Å². The molecular weight excluding hydrogens is 249 g/mol. The summed E-state index contributed by atoms with van der Waals surface area (Å²) in [6, 6.07) is 4.12. The topological polar surface area (TPSA) is 62.4 Å². The highest BCUT2D eigenvalue weighted by molar-refractivity contribution is 5.95. The number of nitrogens with one attached hydrogen (secondary N) is 3. The molecule has 0 aliphatic carbocycles. The van der Waals surface area contributed by atoms with Gasteiger partial charge in [0.1, 0.15) is 0 Å². The van der Waals surface area contributed by atoms with Crippen LogP contribution in [-0.4, -0.2) is 38.2 Å². The minimum atomic E-state index is -0.477. The van der Waals surface area contributed by atoms with Gasteiger partial charge in [0, 0.05) is 31.4 Å². The van der Waals surface area contributed by atoms with Crippen LogP contribution in [0.3, 0.4) is 0 Å². The van der Waals surface area contributed by atoms with Gasteiger partial charge >= 0.3 is 0 Å². The van der Waals surface area contributed by atoms with Crippen molar-refractivity contribution in [3.8, 4) is 5.75 Å². The SMILES string of the molecule is CCOc1ccc(NC(=O)C2CNCCN2)cc1F. The Morgan fingerprint density at radius 3 is 3.00 bits per heavy atom. The maximum atomic E-state index is 13.6. The number of rotatable bonds is 4. The lowest BCUT2D eigenvalue weighted by Gasteiger charge is -2.23. The Balaban J connectivity index is 1.98. The number of piperazine rings is 1. The maximum absolute atomic E-state index is 13.6. The molecule has 6 heteroatoms. The Morgan fingerprint density at radius 2 is 2.37 bits per heavy atom. The first kappa shape index (κ1) is 13.8. The number of anilines is 1. The van der Waals surface area contributed by atoms with Gasteiger partial charge in [-0.25, -0.2) is 4.39 Å². The number of amides is 1. The van der Waals surface area contributed by atoms with Crippen molar-refractivity contribution >= 4 is 11.6 Å². The molecular formula is C13H18FN3O2. The molecule has 1 unspecified atom stereocenters.